The molecule has 0 aliphatic heterocycles. The molecule has 86 valence electrons. The van der Waals surface area contributed by atoms with Crippen molar-refractivity contribution in [3.63, 3.8) is 0 Å². The molecule has 0 aliphatic rings. The highest BCUT2D eigenvalue weighted by molar-refractivity contribution is 5.70. The summed E-state index contributed by atoms with van der Waals surface area (Å²) in [5.41, 5.74) is 1.07. The number of carbonyl (C=O) groups is 1. The van der Waals surface area contributed by atoms with E-state index >= 15 is 0 Å². The van der Waals surface area contributed by atoms with Gasteiger partial charge in [-0.05, 0) is 11.5 Å². The molecule has 16 heavy (non-hydrogen) atoms. The molecule has 0 radical (unpaired) electrons. The van der Waals surface area contributed by atoms with Gasteiger partial charge in [-0.1, -0.05) is 26.0 Å². The number of benzene rings is 1. The minimum Gasteiger partial charge on any atom is -0.481 e. The van der Waals surface area contributed by atoms with E-state index in [4.69, 9.17) is 5.11 Å². The summed E-state index contributed by atoms with van der Waals surface area (Å²) < 4.78 is 0. The van der Waals surface area contributed by atoms with Crippen LogP contribution in [0.1, 0.15) is 30.9 Å². The molecule has 0 unspecified atom stereocenters. The molecule has 5 heteroatoms. The van der Waals surface area contributed by atoms with E-state index in [-0.39, 0.29) is 18.0 Å². The van der Waals surface area contributed by atoms with Gasteiger partial charge in [-0.15, -0.1) is 0 Å². The van der Waals surface area contributed by atoms with Crippen molar-refractivity contribution in [2.24, 2.45) is 0 Å². The Bertz CT molecular complexity index is 426. The van der Waals surface area contributed by atoms with E-state index in [9.17, 15) is 14.9 Å². The first-order valence-electron chi connectivity index (χ1n) is 4.91. The van der Waals surface area contributed by atoms with Gasteiger partial charge >= 0.3 is 5.97 Å². The van der Waals surface area contributed by atoms with Gasteiger partial charge in [-0.2, -0.15) is 0 Å². The highest BCUT2D eigenvalue weighted by Crippen LogP contribution is 2.27. The summed E-state index contributed by atoms with van der Waals surface area (Å²) in [5, 5.41) is 19.4. The van der Waals surface area contributed by atoms with Gasteiger partial charge in [0.15, 0.2) is 0 Å². The van der Waals surface area contributed by atoms with E-state index < -0.39 is 10.9 Å². The number of rotatable bonds is 4. The fourth-order valence-electron chi connectivity index (χ4n) is 1.52. The van der Waals surface area contributed by atoms with Crippen molar-refractivity contribution in [1.29, 1.82) is 0 Å². The van der Waals surface area contributed by atoms with E-state index in [0.29, 0.717) is 11.1 Å². The maximum atomic E-state index is 10.8. The van der Waals surface area contributed by atoms with Crippen molar-refractivity contribution in [3.05, 3.63) is 39.4 Å². The Morgan fingerprint density at radius 2 is 2.12 bits per heavy atom. The van der Waals surface area contributed by atoms with Crippen LogP contribution >= 0.6 is 0 Å². The normalized spacial score (nSPS) is 10.4. The number of carboxylic acid groups (broad SMARTS) is 1. The van der Waals surface area contributed by atoms with Crippen LogP contribution in [0, 0.1) is 10.1 Å². The maximum Gasteiger partial charge on any atom is 0.307 e. The summed E-state index contributed by atoms with van der Waals surface area (Å²) in [6.07, 6.45) is -0.195. The second kappa shape index (κ2) is 4.74. The zero-order chi connectivity index (χ0) is 12.3. The van der Waals surface area contributed by atoms with E-state index in [2.05, 4.69) is 0 Å². The molecular weight excluding hydrogens is 210 g/mol. The summed E-state index contributed by atoms with van der Waals surface area (Å²) >= 11 is 0. The quantitative estimate of drug-likeness (QED) is 0.627. The zero-order valence-corrected chi connectivity index (χ0v) is 9.14. The first-order chi connectivity index (χ1) is 7.41. The van der Waals surface area contributed by atoms with Gasteiger partial charge in [-0.3, -0.25) is 14.9 Å². The van der Waals surface area contributed by atoms with Gasteiger partial charge in [0.25, 0.3) is 5.69 Å². The first kappa shape index (κ1) is 12.2. The molecule has 0 amide bonds. The van der Waals surface area contributed by atoms with Crippen LogP contribution in [0.25, 0.3) is 0 Å². The SMILES string of the molecule is CC(C)c1ccc(CC(=O)O)cc1[N+](=O)[O-]. The maximum absolute atomic E-state index is 10.8. The van der Waals surface area contributed by atoms with Crippen LogP contribution in [-0.2, 0) is 11.2 Å². The van der Waals surface area contributed by atoms with Gasteiger partial charge in [0.2, 0.25) is 0 Å². The molecule has 0 aromatic heterocycles. The minimum absolute atomic E-state index is 0.00579. The van der Waals surface area contributed by atoms with Gasteiger partial charge in [0.05, 0.1) is 11.3 Å². The Labute approximate surface area is 92.9 Å². The average Bonchev–Trinajstić information content (AvgIpc) is 2.16. The van der Waals surface area contributed by atoms with E-state index in [1.54, 1.807) is 12.1 Å². The number of hydrogen-bond donors (Lipinski definition) is 1. The van der Waals surface area contributed by atoms with Crippen LogP contribution in [0.2, 0.25) is 0 Å². The third kappa shape index (κ3) is 2.79. The lowest BCUT2D eigenvalue weighted by Crippen LogP contribution is -2.03. The van der Waals surface area contributed by atoms with Crippen molar-refractivity contribution in [1.82, 2.24) is 0 Å². The summed E-state index contributed by atoms with van der Waals surface area (Å²) in [7, 11) is 0. The third-order valence-electron chi connectivity index (χ3n) is 2.27. The first-order valence-corrected chi connectivity index (χ1v) is 4.91. The molecule has 1 rings (SSSR count). The predicted octanol–water partition coefficient (Wildman–Crippen LogP) is 2.35. The summed E-state index contributed by atoms with van der Waals surface area (Å²) in [6, 6.07) is 4.58. The fourth-order valence-corrected chi connectivity index (χ4v) is 1.52. The van der Waals surface area contributed by atoms with Gasteiger partial charge in [0.1, 0.15) is 0 Å². The molecule has 0 spiro atoms. The lowest BCUT2D eigenvalue weighted by atomic mass is 9.98. The summed E-state index contributed by atoms with van der Waals surface area (Å²) in [6.45, 7) is 3.72. The summed E-state index contributed by atoms with van der Waals surface area (Å²) in [4.78, 5) is 20.8. The number of nitro groups is 1. The number of aliphatic carboxylic acids is 1. The molecule has 5 nitrogen and oxygen atoms in total. The van der Waals surface area contributed by atoms with Gasteiger partial charge < -0.3 is 5.11 Å². The Kier molecular flexibility index (Phi) is 3.60. The fraction of sp³-hybridized carbons (Fsp3) is 0.364. The molecule has 0 saturated heterocycles. The Morgan fingerprint density at radius 3 is 2.56 bits per heavy atom. The molecule has 0 saturated carbocycles. The van der Waals surface area contributed by atoms with Crippen molar-refractivity contribution in [2.75, 3.05) is 0 Å². The van der Waals surface area contributed by atoms with Crippen LogP contribution in [0.3, 0.4) is 0 Å². The van der Waals surface area contributed by atoms with Crippen LogP contribution in [-0.4, -0.2) is 16.0 Å². The number of carboxylic acids is 1. The molecule has 1 aromatic rings. The minimum atomic E-state index is -0.994. The highest BCUT2D eigenvalue weighted by atomic mass is 16.6. The van der Waals surface area contributed by atoms with Crippen molar-refractivity contribution in [3.8, 4) is 0 Å². The van der Waals surface area contributed by atoms with E-state index in [1.165, 1.54) is 6.07 Å². The van der Waals surface area contributed by atoms with Crippen molar-refractivity contribution < 1.29 is 14.8 Å². The lowest BCUT2D eigenvalue weighted by molar-refractivity contribution is -0.385. The molecule has 0 fully saturated rings. The van der Waals surface area contributed by atoms with Gasteiger partial charge in [0, 0.05) is 11.6 Å². The number of nitrogens with zero attached hydrogens (tertiary/aromatic N) is 1. The van der Waals surface area contributed by atoms with Crippen LogP contribution in [0.4, 0.5) is 5.69 Å². The molecule has 1 N–H and O–H groups in total. The van der Waals surface area contributed by atoms with Crippen molar-refractivity contribution >= 4 is 11.7 Å². The van der Waals surface area contributed by atoms with Gasteiger partial charge in [-0.25, -0.2) is 0 Å². The zero-order valence-electron chi connectivity index (χ0n) is 9.14. The number of nitro benzene ring substituents is 1. The van der Waals surface area contributed by atoms with Crippen LogP contribution in [0.5, 0.6) is 0 Å². The smallest absolute Gasteiger partial charge is 0.307 e. The molecule has 0 aliphatic carbocycles. The topological polar surface area (TPSA) is 80.4 Å². The van der Waals surface area contributed by atoms with E-state index in [1.807, 2.05) is 13.8 Å². The predicted molar refractivity (Wildman–Crippen MR) is 58.5 cm³/mol. The third-order valence-corrected chi connectivity index (χ3v) is 2.27. The highest BCUT2D eigenvalue weighted by Gasteiger charge is 2.17. The van der Waals surface area contributed by atoms with Crippen LogP contribution < -0.4 is 0 Å². The molecule has 0 bridgehead atoms. The second-order valence-corrected chi connectivity index (χ2v) is 3.88. The van der Waals surface area contributed by atoms with Crippen LogP contribution in [0.15, 0.2) is 18.2 Å². The second-order valence-electron chi connectivity index (χ2n) is 3.88. The lowest BCUT2D eigenvalue weighted by Gasteiger charge is -2.07. The monoisotopic (exact) mass is 223 g/mol. The molecule has 1 aromatic carbocycles. The average molecular weight is 223 g/mol. The van der Waals surface area contributed by atoms with E-state index in [0.717, 1.165) is 0 Å². The van der Waals surface area contributed by atoms with Crippen molar-refractivity contribution in [2.45, 2.75) is 26.2 Å². The standard InChI is InChI=1S/C11H13NO4/c1-7(2)9-4-3-8(6-11(13)14)5-10(9)12(15)16/h3-5,7H,6H2,1-2H3,(H,13,14). The molecule has 0 atom stereocenters. The molecule has 0 heterocycles. The number of hydrogen-bond acceptors (Lipinski definition) is 3. The Balaban J connectivity index is 3.17. The Hall–Kier alpha value is -1.91. The molecular formula is C11H13NO4. The Morgan fingerprint density at radius 1 is 1.50 bits per heavy atom. The summed E-state index contributed by atoms with van der Waals surface area (Å²) in [5.74, 6) is -0.953. The largest absolute Gasteiger partial charge is 0.481 e.